The van der Waals surface area contributed by atoms with E-state index in [1.54, 1.807) is 24.4 Å². The third-order valence-electron chi connectivity index (χ3n) is 6.86. The normalized spacial score (nSPS) is 26.3. The van der Waals surface area contributed by atoms with Gasteiger partial charge in [-0.1, -0.05) is 11.6 Å². The van der Waals surface area contributed by atoms with Crippen molar-refractivity contribution >= 4 is 34.0 Å². The van der Waals surface area contributed by atoms with E-state index >= 15 is 0 Å². The third-order valence-corrected chi connectivity index (χ3v) is 7.09. The summed E-state index contributed by atoms with van der Waals surface area (Å²) in [6, 6.07) is 9.04. The first kappa shape index (κ1) is 19.7. The zero-order chi connectivity index (χ0) is 22.1. The summed E-state index contributed by atoms with van der Waals surface area (Å²) in [4.78, 5) is 22.1. The third kappa shape index (κ3) is 2.86. The summed E-state index contributed by atoms with van der Waals surface area (Å²) in [5.74, 6) is 0.700. The fourth-order valence-electron chi connectivity index (χ4n) is 5.58. The maximum absolute atomic E-state index is 13.3. The van der Waals surface area contributed by atoms with E-state index in [1.165, 1.54) is 0 Å². The van der Waals surface area contributed by atoms with E-state index in [-0.39, 0.29) is 35.6 Å². The number of carbonyl (C=O) groups excluding carboxylic acids is 1. The van der Waals surface area contributed by atoms with Gasteiger partial charge in [-0.15, -0.1) is 0 Å². The van der Waals surface area contributed by atoms with Gasteiger partial charge < -0.3 is 14.6 Å². The van der Waals surface area contributed by atoms with Crippen LogP contribution in [0.5, 0.6) is 11.6 Å². The van der Waals surface area contributed by atoms with Crippen molar-refractivity contribution in [3.05, 3.63) is 64.0 Å². The molecule has 0 spiro atoms. The first-order valence-corrected chi connectivity index (χ1v) is 11.1. The molecule has 6 nitrogen and oxygen atoms in total. The lowest BCUT2D eigenvalue weighted by atomic mass is 9.80. The summed E-state index contributed by atoms with van der Waals surface area (Å²) in [6.45, 7) is 3.85. The van der Waals surface area contributed by atoms with Crippen LogP contribution in [0.4, 0.5) is 0 Å². The number of aliphatic hydroxyl groups is 1. The summed E-state index contributed by atoms with van der Waals surface area (Å²) in [7, 11) is 0. The van der Waals surface area contributed by atoms with Gasteiger partial charge >= 0.3 is 0 Å². The Morgan fingerprint density at radius 1 is 1.06 bits per heavy atom. The molecule has 1 aromatic heterocycles. The molecule has 32 heavy (non-hydrogen) atoms. The minimum Gasteiger partial charge on any atom is -0.511 e. The molecule has 0 unspecified atom stereocenters. The van der Waals surface area contributed by atoms with Crippen LogP contribution in [0.25, 0.3) is 16.6 Å². The largest absolute Gasteiger partial charge is 0.511 e. The smallest absolute Gasteiger partial charge is 0.238 e. The Balaban J connectivity index is 1.34. The molecule has 2 aliphatic heterocycles. The molecule has 2 saturated heterocycles. The summed E-state index contributed by atoms with van der Waals surface area (Å²) in [5.41, 5.74) is 4.34. The molecular formula is C25H21ClN2O4. The van der Waals surface area contributed by atoms with Gasteiger partial charge in [-0.3, -0.25) is 4.79 Å². The summed E-state index contributed by atoms with van der Waals surface area (Å²) in [6.07, 6.45) is 3.24. The Morgan fingerprint density at radius 2 is 1.78 bits per heavy atom. The molecule has 4 atom stereocenters. The van der Waals surface area contributed by atoms with Crippen LogP contribution in [0.3, 0.4) is 0 Å². The Morgan fingerprint density at radius 3 is 2.50 bits per heavy atom. The Labute approximate surface area is 189 Å². The quantitative estimate of drug-likeness (QED) is 0.582. The molecule has 1 N–H and O–H groups in total. The topological polar surface area (TPSA) is 81.5 Å². The van der Waals surface area contributed by atoms with E-state index in [0.29, 0.717) is 33.3 Å². The number of aromatic nitrogens is 2. The minimum absolute atomic E-state index is 0.00127. The number of ether oxygens (including phenoxy) is 2. The number of aliphatic hydroxyl groups excluding tert-OH is 1. The van der Waals surface area contributed by atoms with Gasteiger partial charge in [0, 0.05) is 5.02 Å². The van der Waals surface area contributed by atoms with Gasteiger partial charge in [0.05, 0.1) is 46.8 Å². The van der Waals surface area contributed by atoms with Crippen LogP contribution in [0.1, 0.15) is 29.5 Å². The van der Waals surface area contributed by atoms with Crippen molar-refractivity contribution in [3.8, 4) is 11.6 Å². The average molecular weight is 449 g/mol. The highest BCUT2D eigenvalue weighted by Crippen LogP contribution is 2.54. The lowest BCUT2D eigenvalue weighted by Crippen LogP contribution is -2.29. The van der Waals surface area contributed by atoms with E-state index in [1.807, 2.05) is 26.0 Å². The molecule has 3 aliphatic rings. The van der Waals surface area contributed by atoms with E-state index in [2.05, 4.69) is 9.97 Å². The predicted octanol–water partition coefficient (Wildman–Crippen LogP) is 5.34. The van der Waals surface area contributed by atoms with Crippen LogP contribution in [0, 0.1) is 25.7 Å². The molecule has 2 bridgehead atoms. The SMILES string of the molecule is Cc1cc(Oc2cnc3cc(Cl)ccc3n2)cc(C)c1C1=C(O)[C@H]2[C@@H](C1=O)[C@H]1CC[C@@H]2O1. The number of ketones is 1. The van der Waals surface area contributed by atoms with E-state index < -0.39 is 0 Å². The maximum atomic E-state index is 13.3. The van der Waals surface area contributed by atoms with E-state index in [4.69, 9.17) is 21.1 Å². The number of aryl methyl sites for hydroxylation is 2. The number of allylic oxidation sites excluding steroid dienone is 1. The highest BCUT2D eigenvalue weighted by atomic mass is 35.5. The first-order chi connectivity index (χ1) is 15.4. The standard InChI is InChI=1S/C25H21ClN2O4/c1-11-7-14(31-19-10-27-16-9-13(26)3-4-15(16)28-19)8-12(2)20(11)23-24(29)21-17-5-6-18(32-17)22(21)25(23)30/h3-4,7-10,17-18,21-22,29H,5-6H2,1-2H3/t17-,18+,21+,22-/m0/s1. The number of halogens is 1. The fraction of sp³-hybridized carbons (Fsp3) is 0.320. The summed E-state index contributed by atoms with van der Waals surface area (Å²) in [5, 5.41) is 11.6. The van der Waals surface area contributed by atoms with Crippen LogP contribution in [-0.4, -0.2) is 33.1 Å². The number of carbonyl (C=O) groups is 1. The first-order valence-electron chi connectivity index (χ1n) is 10.8. The second-order valence-corrected chi connectivity index (χ2v) is 9.28. The zero-order valence-electron chi connectivity index (χ0n) is 17.6. The molecule has 2 fully saturated rings. The van der Waals surface area contributed by atoms with Crippen molar-refractivity contribution in [2.45, 2.75) is 38.9 Å². The zero-order valence-corrected chi connectivity index (χ0v) is 18.4. The molecule has 2 aromatic carbocycles. The summed E-state index contributed by atoms with van der Waals surface area (Å²) >= 11 is 6.01. The van der Waals surface area contributed by atoms with Crippen LogP contribution >= 0.6 is 11.6 Å². The molecule has 3 aromatic rings. The number of rotatable bonds is 3. The van der Waals surface area contributed by atoms with Gasteiger partial charge in [0.2, 0.25) is 5.88 Å². The Kier molecular flexibility index (Phi) is 4.32. The molecule has 0 amide bonds. The monoisotopic (exact) mass is 448 g/mol. The molecule has 1 aliphatic carbocycles. The number of nitrogens with zero attached hydrogens (tertiary/aromatic N) is 2. The molecule has 0 saturated carbocycles. The van der Waals surface area contributed by atoms with Gasteiger partial charge in [0.15, 0.2) is 5.78 Å². The highest BCUT2D eigenvalue weighted by molar-refractivity contribution is 6.31. The number of hydrogen-bond donors (Lipinski definition) is 1. The van der Waals surface area contributed by atoms with Crippen LogP contribution in [0.15, 0.2) is 42.3 Å². The molecule has 7 heteroatoms. The van der Waals surface area contributed by atoms with Crippen molar-refractivity contribution in [3.63, 3.8) is 0 Å². The van der Waals surface area contributed by atoms with Crippen LogP contribution in [0.2, 0.25) is 5.02 Å². The van der Waals surface area contributed by atoms with Crippen molar-refractivity contribution in [1.29, 1.82) is 0 Å². The van der Waals surface area contributed by atoms with Gasteiger partial charge in [-0.2, -0.15) is 0 Å². The van der Waals surface area contributed by atoms with Crippen LogP contribution < -0.4 is 4.74 Å². The van der Waals surface area contributed by atoms with Crippen molar-refractivity contribution < 1.29 is 19.4 Å². The van der Waals surface area contributed by atoms with Crippen LogP contribution in [-0.2, 0) is 9.53 Å². The maximum Gasteiger partial charge on any atom is 0.238 e. The Hall–Kier alpha value is -2.96. The molecule has 162 valence electrons. The Bertz CT molecular complexity index is 1310. The van der Waals surface area contributed by atoms with Gasteiger partial charge in [0.25, 0.3) is 0 Å². The summed E-state index contributed by atoms with van der Waals surface area (Å²) < 4.78 is 11.9. The average Bonchev–Trinajstić information content (AvgIpc) is 3.43. The lowest BCUT2D eigenvalue weighted by Gasteiger charge is -2.19. The molecule has 0 radical (unpaired) electrons. The van der Waals surface area contributed by atoms with Gasteiger partial charge in [-0.25, -0.2) is 9.97 Å². The molecular weight excluding hydrogens is 428 g/mol. The second-order valence-electron chi connectivity index (χ2n) is 8.84. The second kappa shape index (κ2) is 7.02. The molecule has 3 heterocycles. The van der Waals surface area contributed by atoms with Crippen molar-refractivity contribution in [2.24, 2.45) is 11.8 Å². The molecule has 6 rings (SSSR count). The predicted molar refractivity (Wildman–Crippen MR) is 120 cm³/mol. The number of Topliss-reactive ketones (excluding diaryl/α,β-unsaturated/α-hetero) is 1. The lowest BCUT2D eigenvalue weighted by molar-refractivity contribution is -0.118. The van der Waals surface area contributed by atoms with Crippen molar-refractivity contribution in [2.75, 3.05) is 0 Å². The minimum atomic E-state index is -0.250. The van der Waals surface area contributed by atoms with E-state index in [0.717, 1.165) is 29.5 Å². The van der Waals surface area contributed by atoms with Gasteiger partial charge in [-0.05, 0) is 73.7 Å². The van der Waals surface area contributed by atoms with Crippen molar-refractivity contribution in [1.82, 2.24) is 9.97 Å². The number of fused-ring (bicyclic) bond motifs is 6. The highest BCUT2D eigenvalue weighted by Gasteiger charge is 2.59. The fourth-order valence-corrected chi connectivity index (χ4v) is 5.75. The van der Waals surface area contributed by atoms with E-state index in [9.17, 15) is 9.90 Å². The number of benzene rings is 2. The van der Waals surface area contributed by atoms with Gasteiger partial charge in [0.1, 0.15) is 11.5 Å². The number of hydrogen-bond acceptors (Lipinski definition) is 6.